The molecule has 0 atom stereocenters. The van der Waals surface area contributed by atoms with Crippen LogP contribution in [0.2, 0.25) is 0 Å². The van der Waals surface area contributed by atoms with Gasteiger partial charge in [-0.05, 0) is 56.2 Å². The van der Waals surface area contributed by atoms with Crippen LogP contribution in [0.5, 0.6) is 11.5 Å². The predicted molar refractivity (Wildman–Crippen MR) is 155 cm³/mol. The van der Waals surface area contributed by atoms with Crippen LogP contribution < -0.4 is 19.1 Å². The molecule has 0 saturated carbocycles. The number of anilines is 2. The van der Waals surface area contributed by atoms with Crippen molar-refractivity contribution in [1.29, 1.82) is 0 Å². The third kappa shape index (κ3) is 6.56. The molecule has 40 heavy (non-hydrogen) atoms. The van der Waals surface area contributed by atoms with Crippen LogP contribution >= 0.6 is 0 Å². The molecule has 3 aromatic carbocycles. The number of aryl methyl sites for hydroxylation is 1. The van der Waals surface area contributed by atoms with E-state index in [1.165, 1.54) is 32.4 Å². The molecular formula is C30H35N3O6S. The number of hydrogen-bond donors (Lipinski definition) is 1. The van der Waals surface area contributed by atoms with E-state index in [0.29, 0.717) is 30.1 Å². The molecule has 3 aromatic rings. The number of nitrogens with one attached hydrogen (secondary N) is 1. The Morgan fingerprint density at radius 1 is 0.900 bits per heavy atom. The van der Waals surface area contributed by atoms with Crippen molar-refractivity contribution in [2.24, 2.45) is 0 Å². The largest absolute Gasteiger partial charge is 0.497 e. The number of benzene rings is 3. The van der Waals surface area contributed by atoms with Gasteiger partial charge >= 0.3 is 0 Å². The third-order valence-electron chi connectivity index (χ3n) is 6.88. The van der Waals surface area contributed by atoms with Crippen molar-refractivity contribution < 1.29 is 27.5 Å². The second-order valence-corrected chi connectivity index (χ2v) is 11.5. The summed E-state index contributed by atoms with van der Waals surface area (Å²) in [5, 5.41) is 2.78. The van der Waals surface area contributed by atoms with Crippen molar-refractivity contribution in [3.05, 3.63) is 77.9 Å². The number of likely N-dealkylation sites (tertiary alicyclic amines) is 1. The topological polar surface area (TPSA) is 105 Å². The number of amides is 2. The highest BCUT2D eigenvalue weighted by molar-refractivity contribution is 7.92. The maximum Gasteiger partial charge on any atom is 0.264 e. The van der Waals surface area contributed by atoms with Crippen LogP contribution in [-0.2, 0) is 14.8 Å². The Morgan fingerprint density at radius 2 is 1.57 bits per heavy atom. The second kappa shape index (κ2) is 12.9. The number of para-hydroxylation sites is 1. The van der Waals surface area contributed by atoms with Crippen molar-refractivity contribution in [3.63, 3.8) is 0 Å². The summed E-state index contributed by atoms with van der Waals surface area (Å²) in [7, 11) is -1.27. The van der Waals surface area contributed by atoms with Crippen molar-refractivity contribution >= 4 is 33.2 Å². The summed E-state index contributed by atoms with van der Waals surface area (Å²) in [5.41, 5.74) is 1.77. The molecule has 1 fully saturated rings. The molecule has 1 aliphatic rings. The molecule has 0 radical (unpaired) electrons. The summed E-state index contributed by atoms with van der Waals surface area (Å²) < 4.78 is 39.5. The molecule has 0 spiro atoms. The molecule has 9 nitrogen and oxygen atoms in total. The van der Waals surface area contributed by atoms with Crippen LogP contribution in [0.3, 0.4) is 0 Å². The minimum absolute atomic E-state index is 0.0283. The zero-order chi connectivity index (χ0) is 28.7. The van der Waals surface area contributed by atoms with E-state index >= 15 is 0 Å². The van der Waals surface area contributed by atoms with E-state index < -0.39 is 22.5 Å². The lowest BCUT2D eigenvalue weighted by molar-refractivity contribution is -0.114. The van der Waals surface area contributed by atoms with Crippen LogP contribution in [0.25, 0.3) is 0 Å². The summed E-state index contributed by atoms with van der Waals surface area (Å²) in [6.07, 6.45) is 4.05. The Bertz CT molecular complexity index is 1450. The Morgan fingerprint density at radius 3 is 2.23 bits per heavy atom. The van der Waals surface area contributed by atoms with Crippen LogP contribution in [-0.4, -0.2) is 59.0 Å². The monoisotopic (exact) mass is 565 g/mol. The quantitative estimate of drug-likeness (QED) is 0.397. The van der Waals surface area contributed by atoms with E-state index in [4.69, 9.17) is 9.47 Å². The fourth-order valence-electron chi connectivity index (χ4n) is 4.67. The number of nitrogens with zero attached hydrogens (tertiary/aromatic N) is 2. The van der Waals surface area contributed by atoms with Crippen LogP contribution in [0.15, 0.2) is 71.6 Å². The number of ether oxygens (including phenoxy) is 2. The van der Waals surface area contributed by atoms with E-state index in [1.807, 2.05) is 11.8 Å². The Labute approximate surface area is 235 Å². The first-order valence-corrected chi connectivity index (χ1v) is 14.7. The molecule has 4 rings (SSSR count). The van der Waals surface area contributed by atoms with E-state index in [9.17, 15) is 18.0 Å². The highest BCUT2D eigenvalue weighted by atomic mass is 32.2. The van der Waals surface area contributed by atoms with Crippen molar-refractivity contribution in [2.75, 3.05) is 43.5 Å². The van der Waals surface area contributed by atoms with Gasteiger partial charge in [-0.3, -0.25) is 13.9 Å². The molecule has 212 valence electrons. The van der Waals surface area contributed by atoms with Gasteiger partial charge in [0.1, 0.15) is 18.0 Å². The molecule has 0 aromatic heterocycles. The number of carbonyl (C=O) groups is 2. The number of methoxy groups -OCH3 is 2. The maximum atomic E-state index is 13.9. The first-order chi connectivity index (χ1) is 19.2. The van der Waals surface area contributed by atoms with E-state index in [0.717, 1.165) is 35.6 Å². The SMILES string of the molecule is COc1ccc(N(CC(=O)Nc2ccccc2C(=O)N2CCCCCC2)S(=O)(=O)c2ccc(C)cc2)c(OC)c1. The maximum absolute atomic E-state index is 13.9. The van der Waals surface area contributed by atoms with Gasteiger partial charge in [-0.15, -0.1) is 0 Å². The normalized spacial score (nSPS) is 13.7. The Kier molecular flexibility index (Phi) is 9.31. The van der Waals surface area contributed by atoms with E-state index in [1.54, 1.807) is 48.5 Å². The summed E-state index contributed by atoms with van der Waals surface area (Å²) in [6.45, 7) is 2.64. The highest BCUT2D eigenvalue weighted by Gasteiger charge is 2.30. The molecule has 1 heterocycles. The van der Waals surface area contributed by atoms with Gasteiger partial charge in [-0.25, -0.2) is 8.42 Å². The number of sulfonamides is 1. The minimum Gasteiger partial charge on any atom is -0.497 e. The number of rotatable bonds is 9. The fourth-order valence-corrected chi connectivity index (χ4v) is 6.10. The molecule has 1 aliphatic heterocycles. The molecule has 0 aliphatic carbocycles. The van der Waals surface area contributed by atoms with Crippen molar-refractivity contribution in [1.82, 2.24) is 4.90 Å². The van der Waals surface area contributed by atoms with Gasteiger partial charge in [-0.2, -0.15) is 0 Å². The van der Waals surface area contributed by atoms with Gasteiger partial charge in [0, 0.05) is 19.2 Å². The molecule has 1 N–H and O–H groups in total. The molecule has 1 saturated heterocycles. The van der Waals surface area contributed by atoms with Crippen LogP contribution in [0.4, 0.5) is 11.4 Å². The third-order valence-corrected chi connectivity index (χ3v) is 8.65. The van der Waals surface area contributed by atoms with Gasteiger partial charge in [-0.1, -0.05) is 42.7 Å². The Hall–Kier alpha value is -4.05. The molecule has 0 bridgehead atoms. The second-order valence-electron chi connectivity index (χ2n) is 9.66. The average molecular weight is 566 g/mol. The Balaban J connectivity index is 1.66. The van der Waals surface area contributed by atoms with Crippen molar-refractivity contribution in [2.45, 2.75) is 37.5 Å². The molecule has 0 unspecified atom stereocenters. The molecule has 10 heteroatoms. The minimum atomic E-state index is -4.18. The summed E-state index contributed by atoms with van der Waals surface area (Å²) in [5.74, 6) is -0.0679. The zero-order valence-corrected chi connectivity index (χ0v) is 23.9. The van der Waals surface area contributed by atoms with Gasteiger partial charge in [0.25, 0.3) is 15.9 Å². The van der Waals surface area contributed by atoms with Gasteiger partial charge in [0.15, 0.2) is 0 Å². The zero-order valence-electron chi connectivity index (χ0n) is 23.1. The van der Waals surface area contributed by atoms with Gasteiger partial charge < -0.3 is 19.7 Å². The smallest absolute Gasteiger partial charge is 0.264 e. The lowest BCUT2D eigenvalue weighted by Crippen LogP contribution is -2.39. The predicted octanol–water partition coefficient (Wildman–Crippen LogP) is 4.86. The summed E-state index contributed by atoms with van der Waals surface area (Å²) in [6, 6.07) is 17.9. The first kappa shape index (κ1) is 28.9. The van der Waals surface area contributed by atoms with Crippen LogP contribution in [0, 0.1) is 6.92 Å². The van der Waals surface area contributed by atoms with Crippen molar-refractivity contribution in [3.8, 4) is 11.5 Å². The number of carbonyl (C=O) groups excluding carboxylic acids is 2. The van der Waals surface area contributed by atoms with Gasteiger partial charge in [0.05, 0.1) is 36.1 Å². The lowest BCUT2D eigenvalue weighted by Gasteiger charge is -2.26. The standard InChI is InChI=1S/C30H35N3O6S/c1-22-12-15-24(16-13-22)40(36,37)33(27-17-14-23(38-2)20-28(27)39-3)21-29(34)31-26-11-7-6-10-25(26)30(35)32-18-8-4-5-9-19-32/h6-7,10-17,20H,4-5,8-9,18-19,21H2,1-3H3,(H,31,34). The lowest BCUT2D eigenvalue weighted by atomic mass is 10.1. The highest BCUT2D eigenvalue weighted by Crippen LogP contribution is 2.35. The fraction of sp³-hybridized carbons (Fsp3) is 0.333. The summed E-state index contributed by atoms with van der Waals surface area (Å²) in [4.78, 5) is 28.6. The average Bonchev–Trinajstić information content (AvgIpc) is 3.25. The number of hydrogen-bond acceptors (Lipinski definition) is 6. The molecule has 2 amide bonds. The molecular weight excluding hydrogens is 530 g/mol. The van der Waals surface area contributed by atoms with Crippen LogP contribution in [0.1, 0.15) is 41.6 Å². The van der Waals surface area contributed by atoms with E-state index in [-0.39, 0.29) is 22.2 Å². The summed E-state index contributed by atoms with van der Waals surface area (Å²) >= 11 is 0. The first-order valence-electron chi connectivity index (χ1n) is 13.2. The van der Waals surface area contributed by atoms with Gasteiger partial charge in [0.2, 0.25) is 5.91 Å². The van der Waals surface area contributed by atoms with E-state index in [2.05, 4.69) is 5.32 Å².